The average Bonchev–Trinajstić information content (AvgIpc) is 2.81. The van der Waals surface area contributed by atoms with Crippen molar-refractivity contribution in [1.29, 1.82) is 0 Å². The van der Waals surface area contributed by atoms with Crippen LogP contribution in [0.4, 0.5) is 0 Å². The lowest BCUT2D eigenvalue weighted by molar-refractivity contribution is 0.0475. The minimum Gasteiger partial charge on any atom is -0.391 e. The molecule has 0 unspecified atom stereocenters. The van der Waals surface area contributed by atoms with Crippen LogP contribution in [-0.4, -0.2) is 49.7 Å². The Morgan fingerprint density at radius 1 is 1.45 bits per heavy atom. The van der Waals surface area contributed by atoms with Crippen molar-refractivity contribution >= 4 is 11.6 Å². The van der Waals surface area contributed by atoms with E-state index >= 15 is 0 Å². The molecule has 20 heavy (non-hydrogen) atoms. The fourth-order valence-electron chi connectivity index (χ4n) is 2.73. The summed E-state index contributed by atoms with van der Waals surface area (Å²) >= 11 is 0. The van der Waals surface area contributed by atoms with Gasteiger partial charge in [-0.1, -0.05) is 0 Å². The van der Waals surface area contributed by atoms with Crippen molar-refractivity contribution in [2.75, 3.05) is 13.1 Å². The number of β-amino-alcohol motifs (C(OH)–C–C–N with tert-alkyl or cyclic N) is 1. The van der Waals surface area contributed by atoms with E-state index in [0.717, 1.165) is 24.2 Å². The molecular formula is C14H18N4O2. The van der Waals surface area contributed by atoms with Crippen LogP contribution in [0.1, 0.15) is 34.6 Å². The lowest BCUT2D eigenvalue weighted by Gasteiger charge is -2.29. The summed E-state index contributed by atoms with van der Waals surface area (Å²) in [5.41, 5.74) is 2.91. The van der Waals surface area contributed by atoms with E-state index in [4.69, 9.17) is 0 Å². The van der Waals surface area contributed by atoms with Crippen molar-refractivity contribution in [3.8, 4) is 0 Å². The third kappa shape index (κ3) is 2.16. The zero-order chi connectivity index (χ0) is 14.3. The number of amides is 1. The molecule has 0 radical (unpaired) electrons. The Morgan fingerprint density at radius 2 is 2.25 bits per heavy atom. The maximum absolute atomic E-state index is 12.6. The Hall–Kier alpha value is -1.95. The number of carbonyl (C=O) groups is 1. The van der Waals surface area contributed by atoms with Gasteiger partial charge < -0.3 is 10.0 Å². The number of rotatable bonds is 1. The minimum atomic E-state index is -0.425. The summed E-state index contributed by atoms with van der Waals surface area (Å²) in [6.07, 6.45) is 2.73. The molecule has 6 nitrogen and oxygen atoms in total. The van der Waals surface area contributed by atoms with Crippen LogP contribution in [0.5, 0.6) is 0 Å². The topological polar surface area (TPSA) is 70.7 Å². The molecule has 2 aromatic rings. The van der Waals surface area contributed by atoms with Crippen LogP contribution in [0.25, 0.3) is 5.65 Å². The molecule has 0 saturated carbocycles. The minimum absolute atomic E-state index is 0.101. The van der Waals surface area contributed by atoms with Gasteiger partial charge in [-0.2, -0.15) is 5.10 Å². The lowest BCUT2D eigenvalue weighted by atomic mass is 10.1. The van der Waals surface area contributed by atoms with Crippen molar-refractivity contribution < 1.29 is 9.90 Å². The molecule has 1 atom stereocenters. The molecule has 1 saturated heterocycles. The fraction of sp³-hybridized carbons (Fsp3) is 0.500. The lowest BCUT2D eigenvalue weighted by Crippen LogP contribution is -2.42. The van der Waals surface area contributed by atoms with Crippen molar-refractivity contribution in [2.24, 2.45) is 0 Å². The van der Waals surface area contributed by atoms with E-state index in [-0.39, 0.29) is 5.91 Å². The number of hydrogen-bond donors (Lipinski definition) is 1. The molecule has 6 heteroatoms. The number of aliphatic hydroxyl groups excluding tert-OH is 1. The first-order valence-electron chi connectivity index (χ1n) is 6.85. The normalized spacial score (nSPS) is 19.6. The third-order valence-electron chi connectivity index (χ3n) is 3.69. The van der Waals surface area contributed by atoms with Crippen LogP contribution in [0.15, 0.2) is 12.3 Å². The molecule has 1 amide bonds. The van der Waals surface area contributed by atoms with E-state index in [0.29, 0.717) is 24.3 Å². The summed E-state index contributed by atoms with van der Waals surface area (Å²) in [6.45, 7) is 4.91. The summed E-state index contributed by atoms with van der Waals surface area (Å²) in [4.78, 5) is 18.7. The van der Waals surface area contributed by atoms with Crippen molar-refractivity contribution in [1.82, 2.24) is 19.5 Å². The summed E-state index contributed by atoms with van der Waals surface area (Å²) in [5.74, 6) is -0.101. The number of carbonyl (C=O) groups excluding carboxylic acids is 1. The van der Waals surface area contributed by atoms with E-state index in [9.17, 15) is 9.90 Å². The zero-order valence-electron chi connectivity index (χ0n) is 11.7. The smallest absolute Gasteiger partial charge is 0.259 e. The highest BCUT2D eigenvalue weighted by atomic mass is 16.3. The molecule has 1 aliphatic rings. The Kier molecular flexibility index (Phi) is 3.17. The second-order valence-corrected chi connectivity index (χ2v) is 5.38. The van der Waals surface area contributed by atoms with Gasteiger partial charge in [-0.05, 0) is 32.8 Å². The molecule has 106 valence electrons. The van der Waals surface area contributed by atoms with Gasteiger partial charge in [0, 0.05) is 24.5 Å². The average molecular weight is 274 g/mol. The quantitative estimate of drug-likeness (QED) is 0.840. The first-order chi connectivity index (χ1) is 9.56. The van der Waals surface area contributed by atoms with Gasteiger partial charge in [0.1, 0.15) is 5.56 Å². The molecule has 3 heterocycles. The van der Waals surface area contributed by atoms with Crippen molar-refractivity contribution in [2.45, 2.75) is 32.8 Å². The molecule has 1 aliphatic heterocycles. The molecule has 0 bridgehead atoms. The van der Waals surface area contributed by atoms with E-state index in [1.54, 1.807) is 15.6 Å². The van der Waals surface area contributed by atoms with Gasteiger partial charge in [0.25, 0.3) is 5.91 Å². The molecule has 1 N–H and O–H groups in total. The van der Waals surface area contributed by atoms with Crippen LogP contribution < -0.4 is 0 Å². The predicted octanol–water partition coefficient (Wildman–Crippen LogP) is 0.943. The number of aliphatic hydroxyl groups is 1. The number of aromatic nitrogens is 3. The highest BCUT2D eigenvalue weighted by Crippen LogP contribution is 2.17. The Morgan fingerprint density at radius 3 is 3.00 bits per heavy atom. The Labute approximate surface area is 117 Å². The monoisotopic (exact) mass is 274 g/mol. The SMILES string of the molecule is Cc1cc(C)n2ncc(C(=O)N3CCC[C@H](O)C3)c2n1. The highest BCUT2D eigenvalue weighted by molar-refractivity contribution is 5.99. The second-order valence-electron chi connectivity index (χ2n) is 5.38. The number of piperidine rings is 1. The first-order valence-corrected chi connectivity index (χ1v) is 6.85. The summed E-state index contributed by atoms with van der Waals surface area (Å²) < 4.78 is 1.68. The second kappa shape index (κ2) is 4.86. The zero-order valence-corrected chi connectivity index (χ0v) is 11.7. The molecule has 3 rings (SSSR count). The highest BCUT2D eigenvalue weighted by Gasteiger charge is 2.26. The largest absolute Gasteiger partial charge is 0.391 e. The third-order valence-corrected chi connectivity index (χ3v) is 3.69. The fourth-order valence-corrected chi connectivity index (χ4v) is 2.73. The number of aryl methyl sites for hydroxylation is 2. The van der Waals surface area contributed by atoms with E-state index in [1.165, 1.54) is 0 Å². The van der Waals surface area contributed by atoms with Crippen LogP contribution in [0.2, 0.25) is 0 Å². The van der Waals surface area contributed by atoms with Crippen molar-refractivity contribution in [3.63, 3.8) is 0 Å². The Balaban J connectivity index is 1.99. The molecular weight excluding hydrogens is 256 g/mol. The van der Waals surface area contributed by atoms with E-state index < -0.39 is 6.10 Å². The maximum atomic E-state index is 12.6. The van der Waals surface area contributed by atoms with Crippen LogP contribution in [-0.2, 0) is 0 Å². The summed E-state index contributed by atoms with van der Waals surface area (Å²) in [6, 6.07) is 1.93. The van der Waals surface area contributed by atoms with Gasteiger partial charge >= 0.3 is 0 Å². The van der Waals surface area contributed by atoms with Gasteiger partial charge in [0.15, 0.2) is 5.65 Å². The van der Waals surface area contributed by atoms with Gasteiger partial charge in [-0.25, -0.2) is 9.50 Å². The van der Waals surface area contributed by atoms with Gasteiger partial charge in [0.2, 0.25) is 0 Å². The predicted molar refractivity (Wildman–Crippen MR) is 73.6 cm³/mol. The number of hydrogen-bond acceptors (Lipinski definition) is 4. The van der Waals surface area contributed by atoms with Crippen molar-refractivity contribution in [3.05, 3.63) is 29.2 Å². The number of nitrogens with zero attached hydrogens (tertiary/aromatic N) is 4. The van der Waals surface area contributed by atoms with Gasteiger partial charge in [-0.3, -0.25) is 4.79 Å². The molecule has 0 aromatic carbocycles. The first kappa shape index (κ1) is 13.1. The summed E-state index contributed by atoms with van der Waals surface area (Å²) in [7, 11) is 0. The van der Waals surface area contributed by atoms with E-state index in [2.05, 4.69) is 10.1 Å². The van der Waals surface area contributed by atoms with Crippen LogP contribution in [0.3, 0.4) is 0 Å². The van der Waals surface area contributed by atoms with Crippen LogP contribution in [0, 0.1) is 13.8 Å². The summed E-state index contributed by atoms with van der Waals surface area (Å²) in [5, 5.41) is 13.9. The van der Waals surface area contributed by atoms with Gasteiger partial charge in [0.05, 0.1) is 12.3 Å². The van der Waals surface area contributed by atoms with Gasteiger partial charge in [-0.15, -0.1) is 0 Å². The number of fused-ring (bicyclic) bond motifs is 1. The molecule has 0 spiro atoms. The molecule has 2 aromatic heterocycles. The Bertz CT molecular complexity index is 664. The van der Waals surface area contributed by atoms with E-state index in [1.807, 2.05) is 19.9 Å². The van der Waals surface area contributed by atoms with Crippen LogP contribution >= 0.6 is 0 Å². The number of likely N-dealkylation sites (tertiary alicyclic amines) is 1. The molecule has 1 fully saturated rings. The standard InChI is InChI=1S/C14H18N4O2/c1-9-6-10(2)18-13(16-9)12(7-15-18)14(20)17-5-3-4-11(19)8-17/h6-7,11,19H,3-5,8H2,1-2H3/t11-/m0/s1. The molecule has 0 aliphatic carbocycles. The maximum Gasteiger partial charge on any atom is 0.259 e.